The fraction of sp³-hybridized carbons (Fsp3) is 0.667. The van der Waals surface area contributed by atoms with Crippen LogP contribution in [-0.4, -0.2) is 67.4 Å². The van der Waals surface area contributed by atoms with Crippen molar-refractivity contribution >= 4 is 19.7 Å². The summed E-state index contributed by atoms with van der Waals surface area (Å²) in [5.41, 5.74) is 4.77. The third kappa shape index (κ3) is 11.4. The molecule has 11 nitrogen and oxygen atoms in total. The van der Waals surface area contributed by atoms with E-state index >= 15 is 0 Å². The predicted octanol–water partition coefficient (Wildman–Crippen LogP) is -3.50. The number of nitrogens with one attached hydrogen (secondary N) is 1. The van der Waals surface area contributed by atoms with Crippen molar-refractivity contribution in [1.82, 2.24) is 5.09 Å². The molecule has 0 amide bonds. The Bertz CT molecular complexity index is 316. The number of carboxylic acids is 2. The molecule has 0 aliphatic carbocycles. The van der Waals surface area contributed by atoms with Crippen LogP contribution < -0.4 is 10.8 Å². The first kappa shape index (κ1) is 19.3. The Balaban J connectivity index is 0. The zero-order valence-electron chi connectivity index (χ0n) is 9.00. The molecular formula is C6H15N2O9P. The lowest BCUT2D eigenvalue weighted by molar-refractivity contribution is -0.140. The Morgan fingerprint density at radius 1 is 1.11 bits per heavy atom. The molecule has 0 bridgehead atoms. The smallest absolute Gasteiger partial charge is 0.401 e. The summed E-state index contributed by atoms with van der Waals surface area (Å²) in [6, 6.07) is -2.75. The van der Waals surface area contributed by atoms with Crippen molar-refractivity contribution in [2.75, 3.05) is 13.2 Å². The number of carbonyl (C=O) groups is 2. The largest absolute Gasteiger partial charge is 0.480 e. The zero-order chi connectivity index (χ0) is 14.9. The molecule has 0 aromatic carbocycles. The van der Waals surface area contributed by atoms with E-state index in [-0.39, 0.29) is 0 Å². The molecular weight excluding hydrogens is 275 g/mol. The molecule has 18 heavy (non-hydrogen) atoms. The van der Waals surface area contributed by atoms with Crippen molar-refractivity contribution < 1.29 is 44.4 Å². The van der Waals surface area contributed by atoms with Crippen molar-refractivity contribution in [1.29, 1.82) is 0 Å². The lowest BCUT2D eigenvalue weighted by Crippen LogP contribution is -2.37. The van der Waals surface area contributed by atoms with Crippen molar-refractivity contribution in [2.24, 2.45) is 5.73 Å². The molecule has 0 aliphatic heterocycles. The van der Waals surface area contributed by atoms with Crippen LogP contribution >= 0.6 is 7.75 Å². The number of aliphatic hydroxyl groups is 2. The molecule has 9 N–H and O–H groups in total. The van der Waals surface area contributed by atoms with Gasteiger partial charge in [-0.05, 0) is 0 Å². The first-order valence-electron chi connectivity index (χ1n) is 4.31. The van der Waals surface area contributed by atoms with Gasteiger partial charge in [-0.2, -0.15) is 0 Å². The number of nitrogens with two attached hydrogens (primary N) is 1. The van der Waals surface area contributed by atoms with Gasteiger partial charge in [-0.15, -0.1) is 0 Å². The van der Waals surface area contributed by atoms with Gasteiger partial charge in [-0.25, -0.2) is 9.65 Å². The third-order valence-corrected chi connectivity index (χ3v) is 1.97. The van der Waals surface area contributed by atoms with E-state index in [0.29, 0.717) is 0 Å². The first-order valence-corrected chi connectivity index (χ1v) is 5.92. The van der Waals surface area contributed by atoms with Gasteiger partial charge >= 0.3 is 19.7 Å². The second-order valence-electron chi connectivity index (χ2n) is 2.87. The Morgan fingerprint density at radius 3 is 1.61 bits per heavy atom. The average molecular weight is 290 g/mol. The Morgan fingerprint density at radius 2 is 1.56 bits per heavy atom. The van der Waals surface area contributed by atoms with Crippen LogP contribution in [0.5, 0.6) is 0 Å². The molecule has 0 aromatic heterocycles. The molecule has 12 heteroatoms. The van der Waals surface area contributed by atoms with Gasteiger partial charge in [-0.1, -0.05) is 0 Å². The lowest BCUT2D eigenvalue weighted by atomic mass is 10.3. The van der Waals surface area contributed by atoms with E-state index < -0.39 is 45.0 Å². The second kappa shape index (κ2) is 8.94. The van der Waals surface area contributed by atoms with Crippen molar-refractivity contribution in [3.63, 3.8) is 0 Å². The number of aliphatic hydroxyl groups excluding tert-OH is 2. The van der Waals surface area contributed by atoms with E-state index in [1.54, 1.807) is 0 Å². The van der Waals surface area contributed by atoms with E-state index in [1.807, 2.05) is 0 Å². The van der Waals surface area contributed by atoms with Gasteiger partial charge in [0.15, 0.2) is 0 Å². The minimum Gasteiger partial charge on any atom is -0.480 e. The number of aliphatic carboxylic acids is 2. The minimum atomic E-state index is -4.58. The summed E-state index contributed by atoms with van der Waals surface area (Å²) in [4.78, 5) is 36.1. The monoisotopic (exact) mass is 290 g/mol. The van der Waals surface area contributed by atoms with Crippen LogP contribution in [0.15, 0.2) is 0 Å². The van der Waals surface area contributed by atoms with E-state index in [1.165, 1.54) is 5.09 Å². The summed E-state index contributed by atoms with van der Waals surface area (Å²) < 4.78 is 10.1. The lowest BCUT2D eigenvalue weighted by Gasteiger charge is -2.11. The number of hydrogen-bond acceptors (Lipinski definition) is 6. The number of carboxylic acid groups (broad SMARTS) is 2. The van der Waals surface area contributed by atoms with Gasteiger partial charge in [-0.3, -0.25) is 9.59 Å². The Hall–Kier alpha value is -1.07. The highest BCUT2D eigenvalue weighted by Crippen LogP contribution is 2.28. The SMILES string of the molecule is N[C@@H](CO)C(=O)O.O=C(O)[C@H](CO)NP(=O)(O)O. The van der Waals surface area contributed by atoms with E-state index in [0.717, 1.165) is 0 Å². The Labute approximate surface area is 101 Å². The van der Waals surface area contributed by atoms with Gasteiger partial charge in [0, 0.05) is 0 Å². The number of hydrogen-bond donors (Lipinski definition) is 8. The summed E-state index contributed by atoms with van der Waals surface area (Å²) in [5.74, 6) is -2.70. The van der Waals surface area contributed by atoms with Gasteiger partial charge < -0.3 is 35.9 Å². The quantitative estimate of drug-likeness (QED) is 0.225. The molecule has 0 fully saturated rings. The fourth-order valence-electron chi connectivity index (χ4n) is 0.455. The summed E-state index contributed by atoms with van der Waals surface area (Å²) in [6.45, 7) is -1.38. The summed E-state index contributed by atoms with van der Waals surface area (Å²) >= 11 is 0. The maximum atomic E-state index is 10.1. The van der Waals surface area contributed by atoms with Crippen LogP contribution in [0.25, 0.3) is 0 Å². The molecule has 108 valence electrons. The van der Waals surface area contributed by atoms with Crippen LogP contribution in [0.2, 0.25) is 0 Å². The topological polar surface area (TPSA) is 211 Å². The second-order valence-corrected chi connectivity index (χ2v) is 4.22. The van der Waals surface area contributed by atoms with Gasteiger partial charge in [0.25, 0.3) is 0 Å². The molecule has 0 radical (unpaired) electrons. The first-order chi connectivity index (χ1) is 8.05. The standard InChI is InChI=1S/C3H8NO6P.C3H7NO3/c5-1-2(3(6)7)4-11(8,9)10;4-2(1-5)3(6)7/h2,5H,1H2,(H,6,7)(H3,4,8,9,10);2,5H,1,4H2,(H,6,7)/t2*2-/m00/s1. The van der Waals surface area contributed by atoms with Crippen molar-refractivity contribution in [3.05, 3.63) is 0 Å². The fourth-order valence-corrected chi connectivity index (χ4v) is 1.05. The van der Waals surface area contributed by atoms with Crippen molar-refractivity contribution in [2.45, 2.75) is 12.1 Å². The van der Waals surface area contributed by atoms with Crippen LogP contribution in [0.4, 0.5) is 0 Å². The zero-order valence-corrected chi connectivity index (χ0v) is 9.90. The molecule has 0 unspecified atom stereocenters. The van der Waals surface area contributed by atoms with E-state index in [9.17, 15) is 14.2 Å². The average Bonchev–Trinajstić information content (AvgIpc) is 2.23. The highest BCUT2D eigenvalue weighted by Gasteiger charge is 2.24. The van der Waals surface area contributed by atoms with Gasteiger partial charge in [0.2, 0.25) is 0 Å². The molecule has 2 atom stereocenters. The molecule has 0 saturated carbocycles. The number of rotatable bonds is 6. The van der Waals surface area contributed by atoms with Crippen LogP contribution in [0, 0.1) is 0 Å². The molecule has 0 aromatic rings. The maximum Gasteiger partial charge on any atom is 0.401 e. The highest BCUT2D eigenvalue weighted by molar-refractivity contribution is 7.49. The van der Waals surface area contributed by atoms with Crippen LogP contribution in [0.3, 0.4) is 0 Å². The summed E-state index contributed by atoms with van der Waals surface area (Å²) in [5, 5.41) is 33.8. The third-order valence-electron chi connectivity index (χ3n) is 1.32. The summed E-state index contributed by atoms with van der Waals surface area (Å²) in [7, 11) is -4.58. The molecule has 0 aliphatic rings. The Kier molecular flexibility index (Phi) is 9.57. The molecule has 0 heterocycles. The molecule has 0 saturated heterocycles. The van der Waals surface area contributed by atoms with Crippen LogP contribution in [0.1, 0.15) is 0 Å². The maximum absolute atomic E-state index is 10.1. The molecule has 0 spiro atoms. The van der Waals surface area contributed by atoms with Crippen molar-refractivity contribution in [3.8, 4) is 0 Å². The van der Waals surface area contributed by atoms with Gasteiger partial charge in [0.1, 0.15) is 12.1 Å². The summed E-state index contributed by atoms with van der Waals surface area (Å²) in [6.07, 6.45) is 0. The van der Waals surface area contributed by atoms with E-state index in [2.05, 4.69) is 0 Å². The predicted molar refractivity (Wildman–Crippen MR) is 56.4 cm³/mol. The van der Waals surface area contributed by atoms with Crippen LogP contribution in [-0.2, 0) is 14.2 Å². The highest BCUT2D eigenvalue weighted by atomic mass is 31.2. The minimum absolute atomic E-state index is 0.505. The van der Waals surface area contributed by atoms with Gasteiger partial charge in [0.05, 0.1) is 13.2 Å². The van der Waals surface area contributed by atoms with E-state index in [4.69, 9.17) is 35.9 Å². The molecule has 0 rings (SSSR count). The normalized spacial score (nSPS) is 14.1.